The topological polar surface area (TPSA) is 63.3 Å². The molecule has 78 valence electrons. The van der Waals surface area contributed by atoms with Gasteiger partial charge in [0.2, 0.25) is 0 Å². The Hall–Kier alpha value is -1.84. The van der Waals surface area contributed by atoms with E-state index in [-0.39, 0.29) is 0 Å². The number of carbonyl (C=O) groups is 1. The number of aromatic nitrogens is 1. The number of hydrogen-bond donors (Lipinski definition) is 1. The van der Waals surface area contributed by atoms with Gasteiger partial charge in [-0.1, -0.05) is 6.92 Å². The van der Waals surface area contributed by atoms with Crippen LogP contribution in [0, 0.1) is 0 Å². The Balaban J connectivity index is 2.55. The fraction of sp³-hybridized carbons (Fsp3) is 0.273. The van der Waals surface area contributed by atoms with Gasteiger partial charge in [-0.05, 0) is 12.5 Å². The summed E-state index contributed by atoms with van der Waals surface area (Å²) in [5.74, 6) is -1.33. The van der Waals surface area contributed by atoms with E-state index in [2.05, 4.69) is 4.98 Å². The van der Waals surface area contributed by atoms with E-state index in [1.807, 2.05) is 6.92 Å². The fourth-order valence-electron chi connectivity index (χ4n) is 1.70. The van der Waals surface area contributed by atoms with Crippen LogP contribution in [0.2, 0.25) is 0 Å². The molecular formula is C11H11NO3. The second kappa shape index (κ2) is 3.73. The second-order valence-electron chi connectivity index (χ2n) is 3.36. The van der Waals surface area contributed by atoms with E-state index < -0.39 is 11.9 Å². The number of aliphatic carboxylic acids is 1. The number of fused-ring (bicyclic) bond motifs is 1. The second-order valence-corrected chi connectivity index (χ2v) is 3.36. The van der Waals surface area contributed by atoms with Crippen molar-refractivity contribution in [3.05, 3.63) is 30.3 Å². The molecule has 1 N–H and O–H groups in total. The van der Waals surface area contributed by atoms with Gasteiger partial charge in [-0.15, -0.1) is 0 Å². The number of hydrogen-bond acceptors (Lipinski definition) is 3. The molecule has 2 aromatic rings. The minimum atomic E-state index is -0.822. The van der Waals surface area contributed by atoms with Crippen LogP contribution in [0.1, 0.15) is 24.8 Å². The summed E-state index contributed by atoms with van der Waals surface area (Å²) in [4.78, 5) is 14.9. The lowest BCUT2D eigenvalue weighted by Gasteiger charge is -2.06. The Morgan fingerprint density at radius 1 is 1.67 bits per heavy atom. The monoisotopic (exact) mass is 205 g/mol. The minimum Gasteiger partial charge on any atom is -0.481 e. The van der Waals surface area contributed by atoms with E-state index in [0.29, 0.717) is 12.0 Å². The molecule has 0 aromatic carbocycles. The third kappa shape index (κ3) is 1.58. The summed E-state index contributed by atoms with van der Waals surface area (Å²) in [6.07, 6.45) is 5.28. The van der Waals surface area contributed by atoms with Crippen LogP contribution in [-0.2, 0) is 4.79 Å². The van der Waals surface area contributed by atoms with Gasteiger partial charge >= 0.3 is 5.97 Å². The molecule has 2 rings (SSSR count). The molecule has 0 aliphatic heterocycles. The zero-order chi connectivity index (χ0) is 10.8. The van der Waals surface area contributed by atoms with Crippen LogP contribution in [0.15, 0.2) is 29.1 Å². The Kier molecular flexibility index (Phi) is 2.41. The number of carboxylic acids is 1. The molecule has 0 bridgehead atoms. The van der Waals surface area contributed by atoms with Crippen LogP contribution in [0.25, 0.3) is 11.0 Å². The van der Waals surface area contributed by atoms with Gasteiger partial charge in [-0.2, -0.15) is 0 Å². The van der Waals surface area contributed by atoms with Gasteiger partial charge in [0, 0.05) is 17.1 Å². The predicted molar refractivity (Wildman–Crippen MR) is 54.7 cm³/mol. The lowest BCUT2D eigenvalue weighted by atomic mass is 9.97. The maximum Gasteiger partial charge on any atom is 0.311 e. The predicted octanol–water partition coefficient (Wildman–Crippen LogP) is 2.41. The molecule has 0 radical (unpaired) electrons. The summed E-state index contributed by atoms with van der Waals surface area (Å²) < 4.78 is 5.26. The van der Waals surface area contributed by atoms with E-state index >= 15 is 0 Å². The van der Waals surface area contributed by atoms with Crippen LogP contribution in [0.5, 0.6) is 0 Å². The van der Waals surface area contributed by atoms with Gasteiger partial charge in [0.15, 0.2) is 5.58 Å². The van der Waals surface area contributed by atoms with Crippen LogP contribution in [0.3, 0.4) is 0 Å². The molecule has 0 amide bonds. The third-order valence-corrected chi connectivity index (χ3v) is 2.49. The highest BCUT2D eigenvalue weighted by atomic mass is 16.4. The zero-order valence-electron chi connectivity index (χ0n) is 8.30. The summed E-state index contributed by atoms with van der Waals surface area (Å²) in [6, 6.07) is 1.78. The summed E-state index contributed by atoms with van der Waals surface area (Å²) in [7, 11) is 0. The van der Waals surface area contributed by atoms with Crippen molar-refractivity contribution in [2.75, 3.05) is 0 Å². The molecule has 1 unspecified atom stereocenters. The maximum absolute atomic E-state index is 11.0. The van der Waals surface area contributed by atoms with E-state index in [0.717, 1.165) is 10.9 Å². The number of rotatable bonds is 3. The number of furan rings is 1. The van der Waals surface area contributed by atoms with E-state index in [4.69, 9.17) is 9.52 Å². The molecule has 0 fully saturated rings. The lowest BCUT2D eigenvalue weighted by Crippen LogP contribution is -2.09. The number of pyridine rings is 1. The smallest absolute Gasteiger partial charge is 0.311 e. The van der Waals surface area contributed by atoms with Crippen LogP contribution in [0.4, 0.5) is 0 Å². The Morgan fingerprint density at radius 2 is 2.47 bits per heavy atom. The van der Waals surface area contributed by atoms with Crippen molar-refractivity contribution in [3.63, 3.8) is 0 Å². The Bertz CT molecular complexity index is 489. The first kappa shape index (κ1) is 9.71. The van der Waals surface area contributed by atoms with Gasteiger partial charge in [0.1, 0.15) is 0 Å². The van der Waals surface area contributed by atoms with E-state index in [1.54, 1.807) is 18.5 Å². The first-order valence-corrected chi connectivity index (χ1v) is 4.78. The van der Waals surface area contributed by atoms with E-state index in [1.165, 1.54) is 6.26 Å². The van der Waals surface area contributed by atoms with Crippen molar-refractivity contribution in [2.24, 2.45) is 0 Å². The molecule has 15 heavy (non-hydrogen) atoms. The summed E-state index contributed by atoms with van der Waals surface area (Å²) >= 11 is 0. The van der Waals surface area contributed by atoms with Crippen molar-refractivity contribution < 1.29 is 14.3 Å². The molecule has 2 aromatic heterocycles. The zero-order valence-corrected chi connectivity index (χ0v) is 8.30. The number of nitrogens with zero attached hydrogens (tertiary/aromatic N) is 1. The van der Waals surface area contributed by atoms with Crippen LogP contribution in [-0.4, -0.2) is 16.1 Å². The Labute approximate surface area is 86.5 Å². The molecule has 4 heteroatoms. The van der Waals surface area contributed by atoms with Gasteiger partial charge in [0.05, 0.1) is 18.4 Å². The van der Waals surface area contributed by atoms with Gasteiger partial charge in [0.25, 0.3) is 0 Å². The quantitative estimate of drug-likeness (QED) is 0.835. The summed E-state index contributed by atoms with van der Waals surface area (Å²) in [6.45, 7) is 1.85. The largest absolute Gasteiger partial charge is 0.481 e. The fourth-order valence-corrected chi connectivity index (χ4v) is 1.70. The highest BCUT2D eigenvalue weighted by molar-refractivity contribution is 5.87. The molecule has 0 saturated heterocycles. The Morgan fingerprint density at radius 3 is 3.13 bits per heavy atom. The van der Waals surface area contributed by atoms with Crippen LogP contribution < -0.4 is 0 Å². The van der Waals surface area contributed by atoms with Crippen molar-refractivity contribution in [3.8, 4) is 0 Å². The number of carboxylic acid groups (broad SMARTS) is 1. The third-order valence-electron chi connectivity index (χ3n) is 2.49. The minimum absolute atomic E-state index is 0.506. The highest BCUT2D eigenvalue weighted by Crippen LogP contribution is 2.29. The van der Waals surface area contributed by atoms with Crippen LogP contribution >= 0.6 is 0 Å². The molecule has 0 saturated carbocycles. The van der Waals surface area contributed by atoms with Gasteiger partial charge in [-0.3, -0.25) is 9.78 Å². The van der Waals surface area contributed by atoms with Crippen molar-refractivity contribution in [1.82, 2.24) is 4.98 Å². The molecular weight excluding hydrogens is 194 g/mol. The molecule has 0 spiro atoms. The van der Waals surface area contributed by atoms with Crippen molar-refractivity contribution in [1.29, 1.82) is 0 Å². The van der Waals surface area contributed by atoms with E-state index in [9.17, 15) is 4.79 Å². The molecule has 4 nitrogen and oxygen atoms in total. The molecule has 2 heterocycles. The van der Waals surface area contributed by atoms with Gasteiger partial charge in [-0.25, -0.2) is 0 Å². The first-order valence-electron chi connectivity index (χ1n) is 4.78. The summed E-state index contributed by atoms with van der Waals surface area (Å²) in [5.41, 5.74) is 1.36. The molecule has 0 aliphatic carbocycles. The summed E-state index contributed by atoms with van der Waals surface area (Å²) in [5, 5.41) is 9.88. The van der Waals surface area contributed by atoms with Crippen molar-refractivity contribution >= 4 is 16.9 Å². The average Bonchev–Trinajstić information content (AvgIpc) is 2.63. The highest BCUT2D eigenvalue weighted by Gasteiger charge is 2.21. The lowest BCUT2D eigenvalue weighted by molar-refractivity contribution is -0.138. The normalized spacial score (nSPS) is 12.9. The first-order chi connectivity index (χ1) is 7.24. The average molecular weight is 205 g/mol. The van der Waals surface area contributed by atoms with Crippen molar-refractivity contribution in [2.45, 2.75) is 19.3 Å². The standard InChI is InChI=1S/C11H11NO3/c1-2-7(11(13)14)9-6-15-10-5-12-4-3-8(9)10/h3-7H,2H2,1H3,(H,13,14). The molecule has 1 atom stereocenters. The van der Waals surface area contributed by atoms with Gasteiger partial charge < -0.3 is 9.52 Å². The maximum atomic E-state index is 11.0. The SMILES string of the molecule is CCC(C(=O)O)c1coc2cnccc12. The molecule has 0 aliphatic rings.